The van der Waals surface area contributed by atoms with Crippen LogP contribution in [0.1, 0.15) is 11.3 Å². The summed E-state index contributed by atoms with van der Waals surface area (Å²) in [7, 11) is 0. The summed E-state index contributed by atoms with van der Waals surface area (Å²) in [5.41, 5.74) is 2.32. The molecule has 1 heterocycles. The van der Waals surface area contributed by atoms with Gasteiger partial charge in [-0.25, -0.2) is 0 Å². The fraction of sp³-hybridized carbons (Fsp3) is 0.0476. The van der Waals surface area contributed by atoms with E-state index >= 15 is 0 Å². The van der Waals surface area contributed by atoms with E-state index in [9.17, 15) is 10.1 Å². The fourth-order valence-electron chi connectivity index (χ4n) is 2.41. The van der Waals surface area contributed by atoms with Crippen LogP contribution in [0.4, 0.5) is 5.69 Å². The van der Waals surface area contributed by atoms with E-state index in [1.807, 2.05) is 25.1 Å². The quantitative estimate of drug-likeness (QED) is 0.427. The molecule has 0 spiro atoms. The number of hydrogen-bond acceptors (Lipinski definition) is 3. The van der Waals surface area contributed by atoms with Gasteiger partial charge in [-0.15, -0.1) is 0 Å². The van der Waals surface area contributed by atoms with Crippen LogP contribution >= 0.6 is 23.2 Å². The molecule has 4 nitrogen and oxygen atoms in total. The Morgan fingerprint density at radius 1 is 1.07 bits per heavy atom. The Kier molecular flexibility index (Phi) is 5.66. The van der Waals surface area contributed by atoms with Gasteiger partial charge in [0.2, 0.25) is 0 Å². The summed E-state index contributed by atoms with van der Waals surface area (Å²) in [6, 6.07) is 17.6. The first kappa shape index (κ1) is 18.8. The zero-order valence-corrected chi connectivity index (χ0v) is 15.8. The van der Waals surface area contributed by atoms with Crippen molar-refractivity contribution in [2.24, 2.45) is 0 Å². The number of carbonyl (C=O) groups is 1. The third kappa shape index (κ3) is 4.79. The molecule has 134 valence electrons. The average molecular weight is 397 g/mol. The molecule has 0 radical (unpaired) electrons. The molecule has 0 aliphatic heterocycles. The SMILES string of the molecule is Cc1ccc(NC(=O)/C(C#N)=C/c2ccc(-c3cc(Cl)cc(Cl)c3)o2)cc1. The highest BCUT2D eigenvalue weighted by molar-refractivity contribution is 6.35. The van der Waals surface area contributed by atoms with Gasteiger partial charge in [0.1, 0.15) is 23.2 Å². The number of hydrogen-bond donors (Lipinski definition) is 1. The van der Waals surface area contributed by atoms with E-state index in [-0.39, 0.29) is 5.57 Å². The second-order valence-corrected chi connectivity index (χ2v) is 6.72. The Hall–Kier alpha value is -3.00. The first-order valence-electron chi connectivity index (χ1n) is 8.01. The minimum absolute atomic E-state index is 0.0689. The van der Waals surface area contributed by atoms with Crippen molar-refractivity contribution in [2.75, 3.05) is 5.32 Å². The van der Waals surface area contributed by atoms with Crippen LogP contribution in [-0.2, 0) is 4.79 Å². The van der Waals surface area contributed by atoms with E-state index in [2.05, 4.69) is 5.32 Å². The lowest BCUT2D eigenvalue weighted by Gasteiger charge is -2.04. The molecular formula is C21H14Cl2N2O2. The molecule has 2 aromatic carbocycles. The van der Waals surface area contributed by atoms with Crippen molar-refractivity contribution in [1.82, 2.24) is 0 Å². The molecular weight excluding hydrogens is 383 g/mol. The van der Waals surface area contributed by atoms with Gasteiger partial charge in [0.05, 0.1) is 0 Å². The van der Waals surface area contributed by atoms with Crippen molar-refractivity contribution >= 4 is 40.9 Å². The lowest BCUT2D eigenvalue weighted by atomic mass is 10.2. The third-order valence-corrected chi connectivity index (χ3v) is 4.17. The van der Waals surface area contributed by atoms with E-state index in [1.165, 1.54) is 6.08 Å². The summed E-state index contributed by atoms with van der Waals surface area (Å²) in [5, 5.41) is 13.0. The predicted octanol–water partition coefficient (Wildman–Crippen LogP) is 6.11. The maximum atomic E-state index is 12.3. The monoisotopic (exact) mass is 396 g/mol. The molecule has 0 saturated heterocycles. The molecule has 3 rings (SSSR count). The summed E-state index contributed by atoms with van der Waals surface area (Å²) >= 11 is 12.0. The van der Waals surface area contributed by atoms with Gasteiger partial charge in [-0.3, -0.25) is 4.79 Å². The highest BCUT2D eigenvalue weighted by Gasteiger charge is 2.12. The summed E-state index contributed by atoms with van der Waals surface area (Å²) in [6.45, 7) is 1.95. The van der Waals surface area contributed by atoms with Crippen molar-refractivity contribution in [3.63, 3.8) is 0 Å². The molecule has 0 fully saturated rings. The number of carbonyl (C=O) groups excluding carboxylic acids is 1. The lowest BCUT2D eigenvalue weighted by Crippen LogP contribution is -2.13. The molecule has 0 unspecified atom stereocenters. The second kappa shape index (κ2) is 8.13. The summed E-state index contributed by atoms with van der Waals surface area (Å²) in [6.07, 6.45) is 1.39. The number of halogens is 2. The van der Waals surface area contributed by atoms with Crippen molar-refractivity contribution in [3.8, 4) is 17.4 Å². The van der Waals surface area contributed by atoms with Crippen LogP contribution in [0.25, 0.3) is 17.4 Å². The van der Waals surface area contributed by atoms with Crippen LogP contribution in [0.3, 0.4) is 0 Å². The minimum Gasteiger partial charge on any atom is -0.457 e. The van der Waals surface area contributed by atoms with Gasteiger partial charge in [-0.2, -0.15) is 5.26 Å². The standard InChI is InChI=1S/C21H14Cl2N2O2/c1-13-2-4-18(5-3-13)25-21(26)15(12-24)10-19-6-7-20(27-19)14-8-16(22)11-17(23)9-14/h2-11H,1H3,(H,25,26)/b15-10+. The average Bonchev–Trinajstić information content (AvgIpc) is 3.09. The number of rotatable bonds is 4. The summed E-state index contributed by atoms with van der Waals surface area (Å²) in [5.74, 6) is 0.392. The molecule has 27 heavy (non-hydrogen) atoms. The van der Waals surface area contributed by atoms with Gasteiger partial charge < -0.3 is 9.73 Å². The number of furan rings is 1. The predicted molar refractivity (Wildman–Crippen MR) is 108 cm³/mol. The maximum absolute atomic E-state index is 12.3. The van der Waals surface area contributed by atoms with Crippen LogP contribution in [0, 0.1) is 18.3 Å². The molecule has 1 aromatic heterocycles. The Morgan fingerprint density at radius 2 is 1.74 bits per heavy atom. The Bertz CT molecular complexity index is 1040. The highest BCUT2D eigenvalue weighted by atomic mass is 35.5. The third-order valence-electron chi connectivity index (χ3n) is 3.73. The molecule has 1 amide bonds. The zero-order chi connectivity index (χ0) is 19.4. The first-order chi connectivity index (χ1) is 12.9. The lowest BCUT2D eigenvalue weighted by molar-refractivity contribution is -0.112. The second-order valence-electron chi connectivity index (χ2n) is 5.85. The first-order valence-corrected chi connectivity index (χ1v) is 8.76. The topological polar surface area (TPSA) is 66.0 Å². The van der Waals surface area contributed by atoms with Crippen molar-refractivity contribution < 1.29 is 9.21 Å². The van der Waals surface area contributed by atoms with E-state index in [0.29, 0.717) is 32.8 Å². The smallest absolute Gasteiger partial charge is 0.266 e. The summed E-state index contributed by atoms with van der Waals surface area (Å²) in [4.78, 5) is 12.3. The maximum Gasteiger partial charge on any atom is 0.266 e. The van der Waals surface area contributed by atoms with Crippen molar-refractivity contribution in [2.45, 2.75) is 6.92 Å². The van der Waals surface area contributed by atoms with E-state index in [1.54, 1.807) is 42.5 Å². The zero-order valence-electron chi connectivity index (χ0n) is 14.3. The van der Waals surface area contributed by atoms with Gasteiger partial charge in [0.25, 0.3) is 5.91 Å². The number of nitrogens with one attached hydrogen (secondary N) is 1. The van der Waals surface area contributed by atoms with Crippen LogP contribution in [0.5, 0.6) is 0 Å². The number of aryl methyl sites for hydroxylation is 1. The number of benzene rings is 2. The van der Waals surface area contributed by atoms with Gasteiger partial charge >= 0.3 is 0 Å². The van der Waals surface area contributed by atoms with Crippen molar-refractivity contribution in [1.29, 1.82) is 5.26 Å². The molecule has 6 heteroatoms. The minimum atomic E-state index is -0.509. The van der Waals surface area contributed by atoms with Gasteiger partial charge in [0, 0.05) is 27.4 Å². The van der Waals surface area contributed by atoms with E-state index in [0.717, 1.165) is 5.56 Å². The fourth-order valence-corrected chi connectivity index (χ4v) is 2.93. The molecule has 0 aliphatic rings. The molecule has 0 atom stereocenters. The number of anilines is 1. The van der Waals surface area contributed by atoms with Gasteiger partial charge in [-0.05, 0) is 49.4 Å². The molecule has 0 aliphatic carbocycles. The normalized spacial score (nSPS) is 11.1. The Labute approximate surface area is 166 Å². The largest absolute Gasteiger partial charge is 0.457 e. The molecule has 0 saturated carbocycles. The summed E-state index contributed by atoms with van der Waals surface area (Å²) < 4.78 is 5.70. The Balaban J connectivity index is 1.81. The molecule has 1 N–H and O–H groups in total. The van der Waals surface area contributed by atoms with Crippen LogP contribution in [0.15, 0.2) is 64.6 Å². The van der Waals surface area contributed by atoms with Crippen LogP contribution in [-0.4, -0.2) is 5.91 Å². The van der Waals surface area contributed by atoms with E-state index < -0.39 is 5.91 Å². The van der Waals surface area contributed by atoms with E-state index in [4.69, 9.17) is 27.6 Å². The highest BCUT2D eigenvalue weighted by Crippen LogP contribution is 2.29. The van der Waals surface area contributed by atoms with Gasteiger partial charge in [-0.1, -0.05) is 40.9 Å². The van der Waals surface area contributed by atoms with Crippen LogP contribution < -0.4 is 5.32 Å². The number of nitriles is 1. The molecule has 0 bridgehead atoms. The number of amides is 1. The molecule has 3 aromatic rings. The van der Waals surface area contributed by atoms with Crippen LogP contribution in [0.2, 0.25) is 10.0 Å². The van der Waals surface area contributed by atoms with Crippen molar-refractivity contribution in [3.05, 3.63) is 81.5 Å². The van der Waals surface area contributed by atoms with Gasteiger partial charge in [0.15, 0.2) is 0 Å². The number of nitrogens with zero attached hydrogens (tertiary/aromatic N) is 1. The Morgan fingerprint density at radius 3 is 2.37 bits per heavy atom.